The molecule has 142 valence electrons. The van der Waals surface area contributed by atoms with Crippen molar-refractivity contribution in [3.63, 3.8) is 0 Å². The summed E-state index contributed by atoms with van der Waals surface area (Å²) < 4.78 is 0. The number of carbonyl (C=O) groups excluding carboxylic acids is 3. The van der Waals surface area contributed by atoms with Gasteiger partial charge in [0.25, 0.3) is 17.7 Å². The molecule has 0 aliphatic heterocycles. The molecule has 1 aromatic carbocycles. The summed E-state index contributed by atoms with van der Waals surface area (Å²) in [5, 5.41) is 3.18. The number of rotatable bonds is 6. The Kier molecular flexibility index (Phi) is 7.25. The number of hydrogen-bond acceptors (Lipinski definition) is 5. The second-order valence-corrected chi connectivity index (χ2v) is 6.63. The Labute approximate surface area is 161 Å². The molecule has 1 unspecified atom stereocenters. The van der Waals surface area contributed by atoms with Crippen LogP contribution in [0.15, 0.2) is 42.9 Å². The van der Waals surface area contributed by atoms with Gasteiger partial charge < -0.3 is 5.32 Å². The number of carbonyl (C=O) groups is 3. The first-order valence-corrected chi connectivity index (χ1v) is 8.67. The maximum absolute atomic E-state index is 12.4. The van der Waals surface area contributed by atoms with Gasteiger partial charge in [0.15, 0.2) is 0 Å². The first-order valence-electron chi connectivity index (χ1n) is 8.29. The number of benzene rings is 1. The van der Waals surface area contributed by atoms with Gasteiger partial charge in [-0.15, -0.1) is 0 Å². The molecule has 1 atom stereocenters. The van der Waals surface area contributed by atoms with E-state index < -0.39 is 23.8 Å². The van der Waals surface area contributed by atoms with Crippen LogP contribution in [0.4, 0.5) is 0 Å². The lowest BCUT2D eigenvalue weighted by Gasteiger charge is -2.20. The first-order chi connectivity index (χ1) is 12.9. The monoisotopic (exact) mass is 389 g/mol. The Morgan fingerprint density at radius 3 is 2.33 bits per heavy atom. The number of hydrazine groups is 1. The van der Waals surface area contributed by atoms with Crippen LogP contribution in [0.3, 0.4) is 0 Å². The topological polar surface area (TPSA) is 113 Å². The molecule has 0 radical (unpaired) electrons. The molecule has 3 amide bonds. The van der Waals surface area contributed by atoms with Crippen molar-refractivity contribution in [3.8, 4) is 0 Å². The fourth-order valence-corrected chi connectivity index (χ4v) is 2.36. The van der Waals surface area contributed by atoms with Crippen LogP contribution in [0, 0.1) is 5.92 Å². The zero-order valence-electron chi connectivity index (χ0n) is 14.9. The molecular weight excluding hydrogens is 370 g/mol. The Bertz CT molecular complexity index is 796. The summed E-state index contributed by atoms with van der Waals surface area (Å²) >= 11 is 5.82. The van der Waals surface area contributed by atoms with Gasteiger partial charge in [0.05, 0.1) is 6.20 Å². The van der Waals surface area contributed by atoms with Gasteiger partial charge in [-0.25, -0.2) is 4.98 Å². The molecule has 8 nitrogen and oxygen atoms in total. The maximum atomic E-state index is 12.4. The van der Waals surface area contributed by atoms with Crippen molar-refractivity contribution in [3.05, 3.63) is 59.1 Å². The number of hydrogen-bond donors (Lipinski definition) is 3. The summed E-state index contributed by atoms with van der Waals surface area (Å²) in [5.74, 6) is -1.42. The van der Waals surface area contributed by atoms with E-state index in [0.29, 0.717) is 17.0 Å². The Hall–Kier alpha value is -3.00. The number of amides is 3. The van der Waals surface area contributed by atoms with Crippen molar-refractivity contribution in [1.29, 1.82) is 0 Å². The Morgan fingerprint density at radius 1 is 1.04 bits per heavy atom. The van der Waals surface area contributed by atoms with Crippen molar-refractivity contribution < 1.29 is 14.4 Å². The summed E-state index contributed by atoms with van der Waals surface area (Å²) in [6.07, 6.45) is 4.46. The second kappa shape index (κ2) is 9.63. The van der Waals surface area contributed by atoms with E-state index in [1.54, 1.807) is 24.3 Å². The number of nitrogens with zero attached hydrogens (tertiary/aromatic N) is 2. The van der Waals surface area contributed by atoms with Crippen LogP contribution in [0.5, 0.6) is 0 Å². The minimum atomic E-state index is -0.824. The van der Waals surface area contributed by atoms with E-state index in [0.717, 1.165) is 0 Å². The molecule has 3 N–H and O–H groups in total. The lowest BCUT2D eigenvalue weighted by Crippen LogP contribution is -2.52. The number of nitrogens with one attached hydrogen (secondary N) is 3. The van der Waals surface area contributed by atoms with Gasteiger partial charge in [-0.05, 0) is 36.6 Å². The minimum absolute atomic E-state index is 0.0587. The fraction of sp³-hybridized carbons (Fsp3) is 0.278. The van der Waals surface area contributed by atoms with E-state index in [1.165, 1.54) is 18.6 Å². The molecule has 0 aliphatic rings. The highest BCUT2D eigenvalue weighted by atomic mass is 35.5. The van der Waals surface area contributed by atoms with E-state index in [4.69, 9.17) is 11.6 Å². The molecule has 0 fully saturated rings. The Balaban J connectivity index is 1.99. The van der Waals surface area contributed by atoms with E-state index in [2.05, 4.69) is 26.1 Å². The molecule has 0 bridgehead atoms. The van der Waals surface area contributed by atoms with Crippen molar-refractivity contribution in [2.45, 2.75) is 26.3 Å². The molecule has 27 heavy (non-hydrogen) atoms. The van der Waals surface area contributed by atoms with Crippen LogP contribution in [-0.4, -0.2) is 33.7 Å². The Morgan fingerprint density at radius 2 is 1.74 bits per heavy atom. The molecule has 9 heteroatoms. The average Bonchev–Trinajstić information content (AvgIpc) is 2.66. The zero-order chi connectivity index (χ0) is 19.8. The van der Waals surface area contributed by atoms with Crippen molar-refractivity contribution in [1.82, 2.24) is 26.1 Å². The van der Waals surface area contributed by atoms with Gasteiger partial charge in [0, 0.05) is 23.0 Å². The summed E-state index contributed by atoms with van der Waals surface area (Å²) in [4.78, 5) is 44.4. The first kappa shape index (κ1) is 20.3. The number of aromatic nitrogens is 2. The van der Waals surface area contributed by atoms with Crippen LogP contribution >= 0.6 is 11.6 Å². The molecule has 1 heterocycles. The van der Waals surface area contributed by atoms with Crippen LogP contribution in [0.25, 0.3) is 0 Å². The summed E-state index contributed by atoms with van der Waals surface area (Å²) in [5.41, 5.74) is 5.01. The van der Waals surface area contributed by atoms with Crippen molar-refractivity contribution >= 4 is 29.3 Å². The smallest absolute Gasteiger partial charge is 0.289 e. The summed E-state index contributed by atoms with van der Waals surface area (Å²) in [7, 11) is 0. The third kappa shape index (κ3) is 6.34. The van der Waals surface area contributed by atoms with Crippen LogP contribution in [0.2, 0.25) is 5.02 Å². The largest absolute Gasteiger partial charge is 0.340 e. The van der Waals surface area contributed by atoms with E-state index >= 15 is 0 Å². The maximum Gasteiger partial charge on any atom is 0.289 e. The standard InChI is InChI=1S/C18H20ClN5O3/c1-11(2)9-14(22-16(25)12-3-5-13(19)6-4-12)17(26)23-24-18(27)15-10-20-7-8-21-15/h3-8,10-11,14H,9H2,1-2H3,(H,22,25)(H,23,26)(H,24,27). The highest BCUT2D eigenvalue weighted by molar-refractivity contribution is 6.30. The predicted octanol–water partition coefficient (Wildman–Crippen LogP) is 1.74. The van der Waals surface area contributed by atoms with Gasteiger partial charge in [-0.3, -0.25) is 30.2 Å². The molecule has 0 saturated heterocycles. The quantitative estimate of drug-likeness (QED) is 0.651. The van der Waals surface area contributed by atoms with Crippen molar-refractivity contribution in [2.75, 3.05) is 0 Å². The molecular formula is C18H20ClN5O3. The average molecular weight is 390 g/mol. The van der Waals surface area contributed by atoms with Gasteiger partial charge in [-0.1, -0.05) is 25.4 Å². The zero-order valence-corrected chi connectivity index (χ0v) is 15.7. The lowest BCUT2D eigenvalue weighted by atomic mass is 10.0. The van der Waals surface area contributed by atoms with Crippen LogP contribution < -0.4 is 16.2 Å². The predicted molar refractivity (Wildman–Crippen MR) is 99.8 cm³/mol. The summed E-state index contributed by atoms with van der Waals surface area (Å²) in [6.45, 7) is 3.85. The van der Waals surface area contributed by atoms with Gasteiger partial charge in [0.2, 0.25) is 0 Å². The van der Waals surface area contributed by atoms with E-state index in [-0.39, 0.29) is 11.6 Å². The van der Waals surface area contributed by atoms with E-state index in [1.807, 2.05) is 13.8 Å². The fourth-order valence-electron chi connectivity index (χ4n) is 2.23. The molecule has 1 aromatic heterocycles. The third-order valence-corrected chi connectivity index (χ3v) is 3.78. The van der Waals surface area contributed by atoms with Crippen molar-refractivity contribution in [2.24, 2.45) is 5.92 Å². The second-order valence-electron chi connectivity index (χ2n) is 6.20. The molecule has 0 spiro atoms. The van der Waals surface area contributed by atoms with Crippen LogP contribution in [0.1, 0.15) is 41.1 Å². The molecule has 2 rings (SSSR count). The molecule has 0 saturated carbocycles. The molecule has 2 aromatic rings. The SMILES string of the molecule is CC(C)CC(NC(=O)c1ccc(Cl)cc1)C(=O)NNC(=O)c1cnccn1. The highest BCUT2D eigenvalue weighted by Crippen LogP contribution is 2.11. The van der Waals surface area contributed by atoms with Gasteiger partial charge >= 0.3 is 0 Å². The molecule has 0 aliphatic carbocycles. The summed E-state index contributed by atoms with van der Waals surface area (Å²) in [6, 6.07) is 5.50. The normalized spacial score (nSPS) is 11.6. The van der Waals surface area contributed by atoms with Crippen LogP contribution in [-0.2, 0) is 4.79 Å². The van der Waals surface area contributed by atoms with Gasteiger partial charge in [0.1, 0.15) is 11.7 Å². The highest BCUT2D eigenvalue weighted by Gasteiger charge is 2.23. The van der Waals surface area contributed by atoms with E-state index in [9.17, 15) is 14.4 Å². The van der Waals surface area contributed by atoms with Gasteiger partial charge in [-0.2, -0.15) is 0 Å². The number of halogens is 1. The minimum Gasteiger partial charge on any atom is -0.340 e. The lowest BCUT2D eigenvalue weighted by molar-refractivity contribution is -0.124. The third-order valence-electron chi connectivity index (χ3n) is 3.53.